The average Bonchev–Trinajstić information content (AvgIpc) is 2.58. The van der Waals surface area contributed by atoms with Crippen LogP contribution in [0.3, 0.4) is 0 Å². The first kappa shape index (κ1) is 13.9. The summed E-state index contributed by atoms with van der Waals surface area (Å²) in [5.41, 5.74) is 5.74. The van der Waals surface area contributed by atoms with Crippen molar-refractivity contribution < 1.29 is 19.8 Å². The second-order valence-corrected chi connectivity index (χ2v) is 4.97. The Labute approximate surface area is 100 Å². The van der Waals surface area contributed by atoms with Gasteiger partial charge in [0.2, 0.25) is 5.91 Å². The van der Waals surface area contributed by atoms with Crippen LogP contribution in [0.1, 0.15) is 26.7 Å². The van der Waals surface area contributed by atoms with Crippen molar-refractivity contribution >= 4 is 11.9 Å². The number of aliphatic carboxylic acids is 1. The van der Waals surface area contributed by atoms with Crippen LogP contribution in [0.15, 0.2) is 0 Å². The number of carboxylic acids is 1. The van der Waals surface area contributed by atoms with Crippen LogP contribution in [0.4, 0.5) is 0 Å². The van der Waals surface area contributed by atoms with E-state index in [4.69, 9.17) is 10.8 Å². The summed E-state index contributed by atoms with van der Waals surface area (Å²) in [6.45, 7) is 3.95. The summed E-state index contributed by atoms with van der Waals surface area (Å²) in [6.07, 6.45) is -0.181. The highest BCUT2D eigenvalue weighted by Crippen LogP contribution is 2.20. The summed E-state index contributed by atoms with van der Waals surface area (Å²) in [6, 6.07) is -1.64. The third-order valence-corrected chi connectivity index (χ3v) is 2.89. The zero-order valence-electron chi connectivity index (χ0n) is 10.2. The van der Waals surface area contributed by atoms with E-state index >= 15 is 0 Å². The Morgan fingerprint density at radius 1 is 1.47 bits per heavy atom. The number of hydrogen-bond acceptors (Lipinski definition) is 4. The van der Waals surface area contributed by atoms with E-state index in [0.29, 0.717) is 6.42 Å². The van der Waals surface area contributed by atoms with Gasteiger partial charge in [0.1, 0.15) is 6.04 Å². The van der Waals surface area contributed by atoms with Crippen LogP contribution in [0, 0.1) is 5.92 Å². The maximum absolute atomic E-state index is 12.0. The normalized spacial score (nSPS) is 26.3. The monoisotopic (exact) mass is 244 g/mol. The Morgan fingerprint density at radius 2 is 2.06 bits per heavy atom. The molecule has 0 aromatic carbocycles. The summed E-state index contributed by atoms with van der Waals surface area (Å²) in [5, 5.41) is 18.4. The molecule has 1 aliphatic rings. The molecule has 6 heteroatoms. The van der Waals surface area contributed by atoms with E-state index in [2.05, 4.69) is 0 Å². The van der Waals surface area contributed by atoms with Crippen molar-refractivity contribution in [1.82, 2.24) is 4.90 Å². The van der Waals surface area contributed by atoms with Crippen molar-refractivity contribution in [3.63, 3.8) is 0 Å². The SMILES string of the molecule is CC(C)C[C@@H](N)C(=O)N1CC(O)CC1C(=O)O. The molecule has 0 spiro atoms. The van der Waals surface area contributed by atoms with E-state index in [0.717, 1.165) is 0 Å². The lowest BCUT2D eigenvalue weighted by atomic mass is 10.0. The van der Waals surface area contributed by atoms with Gasteiger partial charge in [-0.2, -0.15) is 0 Å². The zero-order valence-corrected chi connectivity index (χ0v) is 10.2. The number of nitrogens with two attached hydrogens (primary N) is 1. The Hall–Kier alpha value is -1.14. The van der Waals surface area contributed by atoms with Crippen LogP contribution in [0.5, 0.6) is 0 Å². The quantitative estimate of drug-likeness (QED) is 0.613. The number of nitrogens with zero attached hydrogens (tertiary/aromatic N) is 1. The van der Waals surface area contributed by atoms with Crippen molar-refractivity contribution in [2.45, 2.75) is 44.9 Å². The van der Waals surface area contributed by atoms with Gasteiger partial charge >= 0.3 is 5.97 Å². The van der Waals surface area contributed by atoms with Crippen molar-refractivity contribution in [2.75, 3.05) is 6.54 Å². The Balaban J connectivity index is 2.70. The standard InChI is InChI=1S/C11H20N2O4/c1-6(2)3-8(12)10(15)13-5-7(14)4-9(13)11(16)17/h6-9,14H,3-5,12H2,1-2H3,(H,16,17)/t7?,8-,9?/m1/s1. The van der Waals surface area contributed by atoms with Crippen molar-refractivity contribution in [3.05, 3.63) is 0 Å². The number of amides is 1. The van der Waals surface area contributed by atoms with Crippen LogP contribution >= 0.6 is 0 Å². The highest BCUT2D eigenvalue weighted by atomic mass is 16.4. The summed E-state index contributed by atoms with van der Waals surface area (Å²) in [5.74, 6) is -1.21. The van der Waals surface area contributed by atoms with E-state index in [1.165, 1.54) is 4.90 Å². The summed E-state index contributed by atoms with van der Waals surface area (Å²) in [7, 11) is 0. The average molecular weight is 244 g/mol. The summed E-state index contributed by atoms with van der Waals surface area (Å²) in [4.78, 5) is 24.1. The number of rotatable bonds is 4. The van der Waals surface area contributed by atoms with E-state index in [1.54, 1.807) is 0 Å². The topological polar surface area (TPSA) is 104 Å². The van der Waals surface area contributed by atoms with Crippen LogP contribution in [0.2, 0.25) is 0 Å². The second kappa shape index (κ2) is 5.46. The Bertz CT molecular complexity index is 306. The zero-order chi connectivity index (χ0) is 13.2. The number of β-amino-alcohol motifs (C(OH)–C–C–N with tert-alkyl or cyclic N) is 1. The third-order valence-electron chi connectivity index (χ3n) is 2.89. The van der Waals surface area contributed by atoms with Crippen molar-refractivity contribution in [2.24, 2.45) is 11.7 Å². The van der Waals surface area contributed by atoms with Crippen LogP contribution < -0.4 is 5.73 Å². The molecule has 17 heavy (non-hydrogen) atoms. The summed E-state index contributed by atoms with van der Waals surface area (Å²) < 4.78 is 0. The number of carbonyl (C=O) groups excluding carboxylic acids is 1. The Kier molecular flexibility index (Phi) is 4.47. The minimum Gasteiger partial charge on any atom is -0.480 e. The molecule has 0 saturated carbocycles. The smallest absolute Gasteiger partial charge is 0.326 e. The third kappa shape index (κ3) is 3.41. The largest absolute Gasteiger partial charge is 0.480 e. The minimum atomic E-state index is -1.09. The lowest BCUT2D eigenvalue weighted by Gasteiger charge is -2.25. The molecular formula is C11H20N2O4. The van der Waals surface area contributed by atoms with Gasteiger partial charge < -0.3 is 20.8 Å². The van der Waals surface area contributed by atoms with Gasteiger partial charge in [-0.1, -0.05) is 13.8 Å². The number of carboxylic acid groups (broad SMARTS) is 1. The lowest BCUT2D eigenvalue weighted by Crippen LogP contribution is -2.49. The molecule has 4 N–H and O–H groups in total. The molecule has 2 unspecified atom stereocenters. The number of aliphatic hydroxyl groups is 1. The number of hydrogen-bond donors (Lipinski definition) is 3. The van der Waals surface area contributed by atoms with Crippen molar-refractivity contribution in [1.29, 1.82) is 0 Å². The molecule has 0 aromatic rings. The fourth-order valence-electron chi connectivity index (χ4n) is 2.11. The van der Waals surface area contributed by atoms with E-state index in [9.17, 15) is 14.7 Å². The molecule has 0 radical (unpaired) electrons. The van der Waals surface area contributed by atoms with Gasteiger partial charge in [0.05, 0.1) is 12.1 Å². The first-order valence-corrected chi connectivity index (χ1v) is 5.79. The van der Waals surface area contributed by atoms with Gasteiger partial charge in [0, 0.05) is 13.0 Å². The molecule has 0 bridgehead atoms. The molecule has 3 atom stereocenters. The lowest BCUT2D eigenvalue weighted by molar-refractivity contribution is -0.148. The van der Waals surface area contributed by atoms with E-state index in [1.807, 2.05) is 13.8 Å². The molecule has 98 valence electrons. The molecule has 1 amide bonds. The number of aliphatic hydroxyl groups excluding tert-OH is 1. The fourth-order valence-corrected chi connectivity index (χ4v) is 2.11. The van der Waals surface area contributed by atoms with Crippen LogP contribution in [-0.2, 0) is 9.59 Å². The molecule has 1 aliphatic heterocycles. The molecule has 1 fully saturated rings. The molecule has 1 rings (SSSR count). The van der Waals surface area contributed by atoms with Crippen LogP contribution in [-0.4, -0.2) is 51.7 Å². The molecule has 0 aromatic heterocycles. The molecule has 0 aliphatic carbocycles. The minimum absolute atomic E-state index is 0.0571. The molecule has 1 heterocycles. The van der Waals surface area contributed by atoms with Gasteiger partial charge in [0.25, 0.3) is 0 Å². The molecule has 1 saturated heterocycles. The fraction of sp³-hybridized carbons (Fsp3) is 0.818. The molecule has 6 nitrogen and oxygen atoms in total. The predicted octanol–water partition coefficient (Wildman–Crippen LogP) is -0.594. The van der Waals surface area contributed by atoms with Crippen molar-refractivity contribution in [3.8, 4) is 0 Å². The number of carbonyl (C=O) groups is 2. The predicted molar refractivity (Wildman–Crippen MR) is 61.2 cm³/mol. The maximum atomic E-state index is 12.0. The first-order chi connectivity index (χ1) is 7.82. The van der Waals surface area contributed by atoms with E-state index < -0.39 is 24.2 Å². The highest BCUT2D eigenvalue weighted by molar-refractivity contribution is 5.87. The highest BCUT2D eigenvalue weighted by Gasteiger charge is 2.40. The Morgan fingerprint density at radius 3 is 2.53 bits per heavy atom. The molecular weight excluding hydrogens is 224 g/mol. The summed E-state index contributed by atoms with van der Waals surface area (Å²) >= 11 is 0. The van der Waals surface area contributed by atoms with Gasteiger partial charge in [-0.3, -0.25) is 4.79 Å². The first-order valence-electron chi connectivity index (χ1n) is 5.79. The number of likely N-dealkylation sites (tertiary alicyclic amines) is 1. The van der Waals surface area contributed by atoms with E-state index in [-0.39, 0.29) is 24.8 Å². The van der Waals surface area contributed by atoms with Crippen LogP contribution in [0.25, 0.3) is 0 Å². The van der Waals surface area contributed by atoms with Gasteiger partial charge in [0.15, 0.2) is 0 Å². The van der Waals surface area contributed by atoms with Gasteiger partial charge in [-0.05, 0) is 12.3 Å². The van der Waals surface area contributed by atoms with Gasteiger partial charge in [-0.15, -0.1) is 0 Å². The second-order valence-electron chi connectivity index (χ2n) is 4.97. The maximum Gasteiger partial charge on any atom is 0.326 e. The van der Waals surface area contributed by atoms with Gasteiger partial charge in [-0.25, -0.2) is 4.79 Å².